The van der Waals surface area contributed by atoms with Crippen molar-refractivity contribution in [1.82, 2.24) is 0 Å². The Balaban J connectivity index is 1.19. The molecular formula is C35H41NO6. The Kier molecular flexibility index (Phi) is 6.24. The number of benzene rings is 1. The number of allylic oxidation sites excluding steroid dienone is 1. The first-order valence-corrected chi connectivity index (χ1v) is 15.6. The number of rotatable bonds is 4. The summed E-state index contributed by atoms with van der Waals surface area (Å²) in [6.45, 7) is 8.34. The molecule has 11 atom stereocenters. The van der Waals surface area contributed by atoms with Crippen molar-refractivity contribution in [2.24, 2.45) is 40.4 Å². The van der Waals surface area contributed by atoms with E-state index in [0.29, 0.717) is 46.4 Å². The summed E-state index contributed by atoms with van der Waals surface area (Å²) in [7, 11) is 0. The van der Waals surface area contributed by atoms with Gasteiger partial charge in [-0.15, -0.1) is 0 Å². The largest absolute Gasteiger partial charge is 0.458 e. The summed E-state index contributed by atoms with van der Waals surface area (Å²) in [5.41, 5.74) is 1.33. The van der Waals surface area contributed by atoms with Gasteiger partial charge in [0.25, 0.3) is 0 Å². The number of hydrogen-bond acceptors (Lipinski definition) is 7. The molecule has 4 fully saturated rings. The van der Waals surface area contributed by atoms with Crippen molar-refractivity contribution in [1.29, 1.82) is 5.26 Å². The van der Waals surface area contributed by atoms with E-state index in [9.17, 15) is 25.1 Å². The van der Waals surface area contributed by atoms with Crippen LogP contribution in [0.1, 0.15) is 77.3 Å². The van der Waals surface area contributed by atoms with E-state index in [1.165, 1.54) is 0 Å². The fourth-order valence-electron chi connectivity index (χ4n) is 10.8. The second-order valence-electron chi connectivity index (χ2n) is 14.4. The van der Waals surface area contributed by atoms with Gasteiger partial charge in [0.05, 0.1) is 35.3 Å². The smallest absolute Gasteiger partial charge is 0.336 e. The lowest BCUT2D eigenvalue weighted by molar-refractivity contribution is -0.155. The van der Waals surface area contributed by atoms with Gasteiger partial charge >= 0.3 is 5.97 Å². The summed E-state index contributed by atoms with van der Waals surface area (Å²) in [4.78, 5) is 27.2. The third-order valence-electron chi connectivity index (χ3n) is 13.0. The maximum absolute atomic E-state index is 14.6. The molecule has 7 rings (SSSR count). The quantitative estimate of drug-likeness (QED) is 0.395. The van der Waals surface area contributed by atoms with E-state index in [1.807, 2.05) is 19.9 Å². The normalized spacial score (nSPS) is 44.6. The van der Waals surface area contributed by atoms with Crippen LogP contribution in [0.25, 0.3) is 5.57 Å². The van der Waals surface area contributed by atoms with Crippen LogP contribution in [-0.4, -0.2) is 52.5 Å². The average molecular weight is 572 g/mol. The first-order valence-electron chi connectivity index (χ1n) is 15.6. The second-order valence-corrected chi connectivity index (χ2v) is 14.4. The number of ketones is 1. The maximum atomic E-state index is 14.6. The Hall–Kier alpha value is -2.79. The molecule has 0 aromatic heterocycles. The standard InChI is InChI=1S/C35H41NO6/c1-18-12-28(41-32(40)24(18)17-37)19(2)25-8-9-26-23-15-30-35(42-30)29(38)14-22(21-7-5-6-20(13-21)16-36)31(39)34(35,4)27(23)10-11-33(25,26)3/h5-7,13-14,19,23,25-30,37-38H,8-12,15,17H2,1-4H3/t19-,23-,25+,26-,27-,28+,29-,30+,33+,34-,35+/m0/s1. The SMILES string of the molecule is CC1=C(CO)C(=O)O[C@@H]([C@@H](C)[C@H]2CC[C@H]3[C@@H]4C[C@H]5O[C@]56[C@@H](O)C=C(c5cccc(C#N)c5)C(=O)[C@]6(C)[C@H]4CC[C@]23C)C1. The summed E-state index contributed by atoms with van der Waals surface area (Å²) >= 11 is 0. The van der Waals surface area contributed by atoms with E-state index < -0.39 is 17.1 Å². The third-order valence-corrected chi connectivity index (χ3v) is 13.0. The Morgan fingerprint density at radius 3 is 2.67 bits per heavy atom. The van der Waals surface area contributed by atoms with Crippen molar-refractivity contribution in [3.05, 3.63) is 52.6 Å². The van der Waals surface area contributed by atoms with Gasteiger partial charge < -0.3 is 19.7 Å². The molecule has 0 unspecified atom stereocenters. The fraction of sp³-hybridized carbons (Fsp3) is 0.629. The van der Waals surface area contributed by atoms with E-state index in [1.54, 1.807) is 24.3 Å². The fourth-order valence-corrected chi connectivity index (χ4v) is 10.8. The molecule has 1 aromatic carbocycles. The third kappa shape index (κ3) is 3.49. The van der Waals surface area contributed by atoms with Crippen molar-refractivity contribution < 1.29 is 29.3 Å². The lowest BCUT2D eigenvalue weighted by Crippen LogP contribution is -2.64. The van der Waals surface area contributed by atoms with Gasteiger partial charge in [-0.3, -0.25) is 4.79 Å². The van der Waals surface area contributed by atoms with Crippen molar-refractivity contribution in [3.8, 4) is 6.07 Å². The van der Waals surface area contributed by atoms with Gasteiger partial charge in [-0.2, -0.15) is 5.26 Å². The van der Waals surface area contributed by atoms with Gasteiger partial charge in [0.2, 0.25) is 0 Å². The van der Waals surface area contributed by atoms with Crippen LogP contribution in [0.3, 0.4) is 0 Å². The van der Waals surface area contributed by atoms with Crippen LogP contribution in [0.2, 0.25) is 0 Å². The van der Waals surface area contributed by atoms with E-state index in [-0.39, 0.29) is 47.8 Å². The number of cyclic esters (lactones) is 1. The average Bonchev–Trinajstić information content (AvgIpc) is 3.61. The number of carbonyl (C=O) groups excluding carboxylic acids is 2. The molecule has 4 aliphatic carbocycles. The molecule has 6 aliphatic rings. The van der Waals surface area contributed by atoms with Crippen LogP contribution in [0.5, 0.6) is 0 Å². The van der Waals surface area contributed by atoms with E-state index >= 15 is 0 Å². The molecule has 42 heavy (non-hydrogen) atoms. The molecule has 0 amide bonds. The molecule has 7 nitrogen and oxygen atoms in total. The molecule has 2 N–H and O–H groups in total. The highest BCUT2D eigenvalue weighted by atomic mass is 16.6. The lowest BCUT2D eigenvalue weighted by Gasteiger charge is -2.58. The minimum atomic E-state index is -0.877. The summed E-state index contributed by atoms with van der Waals surface area (Å²) in [5, 5.41) is 30.6. The minimum Gasteiger partial charge on any atom is -0.458 e. The number of fused-ring (bicyclic) bond motifs is 4. The van der Waals surface area contributed by atoms with Crippen molar-refractivity contribution in [2.75, 3.05) is 6.61 Å². The van der Waals surface area contributed by atoms with Crippen molar-refractivity contribution in [3.63, 3.8) is 0 Å². The number of aliphatic hydroxyl groups excluding tert-OH is 2. The number of epoxide rings is 1. The molecule has 0 radical (unpaired) electrons. The highest BCUT2D eigenvalue weighted by Crippen LogP contribution is 2.74. The highest BCUT2D eigenvalue weighted by molar-refractivity contribution is 6.25. The lowest BCUT2D eigenvalue weighted by atomic mass is 9.43. The van der Waals surface area contributed by atoms with Gasteiger partial charge in [-0.1, -0.05) is 31.6 Å². The summed E-state index contributed by atoms with van der Waals surface area (Å²) in [6, 6.07) is 9.28. The Labute approximate surface area is 247 Å². The number of Topliss-reactive ketones (excluding diaryl/α,β-unsaturated/α-hetero) is 1. The molecule has 7 heteroatoms. The molecule has 222 valence electrons. The van der Waals surface area contributed by atoms with Crippen molar-refractivity contribution >= 4 is 17.3 Å². The molecular weight excluding hydrogens is 530 g/mol. The van der Waals surface area contributed by atoms with Gasteiger partial charge in [-0.25, -0.2) is 4.79 Å². The molecule has 1 spiro atoms. The molecule has 0 bridgehead atoms. The topological polar surface area (TPSA) is 120 Å². The Bertz CT molecular complexity index is 1470. The van der Waals surface area contributed by atoms with E-state index in [0.717, 1.165) is 37.7 Å². The first-order chi connectivity index (χ1) is 20.0. The van der Waals surface area contributed by atoms with Crippen LogP contribution in [0, 0.1) is 51.8 Å². The molecule has 2 heterocycles. The first kappa shape index (κ1) is 28.0. The minimum absolute atomic E-state index is 0.0303. The summed E-state index contributed by atoms with van der Waals surface area (Å²) in [5.74, 6) is 1.05. The molecule has 2 aliphatic heterocycles. The number of nitrogens with zero attached hydrogens (tertiary/aromatic N) is 1. The number of nitriles is 1. The maximum Gasteiger partial charge on any atom is 0.336 e. The molecule has 1 saturated heterocycles. The van der Waals surface area contributed by atoms with Crippen LogP contribution < -0.4 is 0 Å². The van der Waals surface area contributed by atoms with E-state index in [2.05, 4.69) is 19.9 Å². The molecule has 1 aromatic rings. The van der Waals surface area contributed by atoms with Crippen LogP contribution in [0.4, 0.5) is 0 Å². The predicted molar refractivity (Wildman–Crippen MR) is 154 cm³/mol. The van der Waals surface area contributed by atoms with Crippen molar-refractivity contribution in [2.45, 2.75) is 90.1 Å². The monoisotopic (exact) mass is 571 g/mol. The number of carbonyl (C=O) groups is 2. The highest BCUT2D eigenvalue weighted by Gasteiger charge is 2.81. The summed E-state index contributed by atoms with van der Waals surface area (Å²) < 4.78 is 12.3. The number of aliphatic hydroxyl groups is 2. The van der Waals surface area contributed by atoms with Crippen LogP contribution >= 0.6 is 0 Å². The zero-order valence-electron chi connectivity index (χ0n) is 24.9. The predicted octanol–water partition coefficient (Wildman–Crippen LogP) is 4.75. The van der Waals surface area contributed by atoms with Gasteiger partial charge in [-0.05, 0) is 105 Å². The molecule has 3 saturated carbocycles. The zero-order chi connectivity index (χ0) is 29.8. The van der Waals surface area contributed by atoms with Gasteiger partial charge in [0, 0.05) is 12.0 Å². The Morgan fingerprint density at radius 1 is 1.17 bits per heavy atom. The number of hydrogen-bond donors (Lipinski definition) is 2. The Morgan fingerprint density at radius 2 is 1.95 bits per heavy atom. The summed E-state index contributed by atoms with van der Waals surface area (Å²) in [6.07, 6.45) is 5.98. The van der Waals surface area contributed by atoms with E-state index in [4.69, 9.17) is 9.47 Å². The zero-order valence-corrected chi connectivity index (χ0v) is 24.9. The second kappa shape index (κ2) is 9.35. The van der Waals surface area contributed by atoms with Gasteiger partial charge in [0.15, 0.2) is 5.78 Å². The van der Waals surface area contributed by atoms with Crippen LogP contribution in [-0.2, 0) is 19.1 Å². The number of esters is 1. The van der Waals surface area contributed by atoms with Crippen LogP contribution in [0.15, 0.2) is 41.5 Å². The number of ether oxygens (including phenoxy) is 2. The van der Waals surface area contributed by atoms with Gasteiger partial charge in [0.1, 0.15) is 17.8 Å².